The Kier molecular flexibility index (Phi) is 3.69. The molecule has 0 amide bonds. The molecule has 0 saturated carbocycles. The number of aryl methyl sites for hydroxylation is 1. The lowest BCUT2D eigenvalue weighted by atomic mass is 10.2. The van der Waals surface area contributed by atoms with Crippen molar-refractivity contribution in [3.63, 3.8) is 0 Å². The molecule has 22 heavy (non-hydrogen) atoms. The van der Waals surface area contributed by atoms with Crippen molar-refractivity contribution in [1.29, 1.82) is 0 Å². The summed E-state index contributed by atoms with van der Waals surface area (Å²) in [6, 6.07) is 7.75. The van der Waals surface area contributed by atoms with Crippen molar-refractivity contribution in [2.75, 3.05) is 0 Å². The van der Waals surface area contributed by atoms with E-state index in [1.54, 1.807) is 18.2 Å². The molecule has 2 aromatic heterocycles. The van der Waals surface area contributed by atoms with Gasteiger partial charge in [-0.2, -0.15) is 18.3 Å². The maximum absolute atomic E-state index is 12.3. The third-order valence-electron chi connectivity index (χ3n) is 2.81. The molecule has 0 aliphatic rings. The smallest absolute Gasteiger partial charge is 0.443 e. The van der Waals surface area contributed by atoms with E-state index < -0.39 is 5.51 Å². The van der Waals surface area contributed by atoms with Gasteiger partial charge in [-0.05, 0) is 36.9 Å². The van der Waals surface area contributed by atoms with Gasteiger partial charge in [0, 0.05) is 16.2 Å². The summed E-state index contributed by atoms with van der Waals surface area (Å²) >= 11 is -0.149. The van der Waals surface area contributed by atoms with Crippen LogP contribution in [0.25, 0.3) is 22.8 Å². The molecule has 8 heteroatoms. The Bertz CT molecular complexity index is 777. The SMILES string of the molecule is Cc1cc(-c2nc(-c3ccc(SC(F)(F)F)cc3)co2)n[nH]1. The van der Waals surface area contributed by atoms with Gasteiger partial charge in [-0.25, -0.2) is 4.98 Å². The largest absolute Gasteiger partial charge is 0.446 e. The summed E-state index contributed by atoms with van der Waals surface area (Å²) in [5, 5.41) is 6.82. The predicted octanol–water partition coefficient (Wildman–Crippen LogP) is 4.65. The average molecular weight is 325 g/mol. The molecule has 0 bridgehead atoms. The lowest BCUT2D eigenvalue weighted by Gasteiger charge is -2.05. The first-order valence-corrected chi connectivity index (χ1v) is 7.06. The second-order valence-electron chi connectivity index (χ2n) is 4.55. The summed E-state index contributed by atoms with van der Waals surface area (Å²) in [5.74, 6) is 0.355. The summed E-state index contributed by atoms with van der Waals surface area (Å²) in [4.78, 5) is 4.42. The van der Waals surface area contributed by atoms with E-state index in [4.69, 9.17) is 4.42 Å². The van der Waals surface area contributed by atoms with E-state index in [9.17, 15) is 13.2 Å². The molecular formula is C14H10F3N3OS. The zero-order valence-corrected chi connectivity index (χ0v) is 12.1. The molecule has 0 aliphatic carbocycles. The van der Waals surface area contributed by atoms with Crippen molar-refractivity contribution in [1.82, 2.24) is 15.2 Å². The van der Waals surface area contributed by atoms with Crippen LogP contribution in [0.4, 0.5) is 13.2 Å². The molecule has 3 rings (SSSR count). The maximum atomic E-state index is 12.3. The molecule has 0 atom stereocenters. The van der Waals surface area contributed by atoms with Crippen LogP contribution in [0, 0.1) is 6.92 Å². The van der Waals surface area contributed by atoms with Gasteiger partial charge in [0.05, 0.1) is 0 Å². The van der Waals surface area contributed by atoms with E-state index >= 15 is 0 Å². The summed E-state index contributed by atoms with van der Waals surface area (Å²) in [6.07, 6.45) is 1.45. The van der Waals surface area contributed by atoms with Crippen LogP contribution in [-0.2, 0) is 0 Å². The van der Waals surface area contributed by atoms with E-state index in [2.05, 4.69) is 15.2 Å². The first kappa shape index (κ1) is 14.7. The maximum Gasteiger partial charge on any atom is 0.446 e. The number of hydrogen-bond donors (Lipinski definition) is 1. The first-order chi connectivity index (χ1) is 10.4. The minimum absolute atomic E-state index is 0.128. The molecule has 3 aromatic rings. The monoisotopic (exact) mass is 325 g/mol. The Morgan fingerprint density at radius 1 is 1.14 bits per heavy atom. The van der Waals surface area contributed by atoms with Crippen LogP contribution in [0.1, 0.15) is 5.69 Å². The molecule has 1 aromatic carbocycles. The van der Waals surface area contributed by atoms with E-state index in [0.717, 1.165) is 5.69 Å². The van der Waals surface area contributed by atoms with Crippen LogP contribution in [0.15, 0.2) is 45.9 Å². The fourth-order valence-corrected chi connectivity index (χ4v) is 2.42. The van der Waals surface area contributed by atoms with Gasteiger partial charge in [-0.3, -0.25) is 5.10 Å². The Balaban J connectivity index is 1.81. The Morgan fingerprint density at radius 3 is 2.45 bits per heavy atom. The number of alkyl halides is 3. The summed E-state index contributed by atoms with van der Waals surface area (Å²) in [7, 11) is 0. The van der Waals surface area contributed by atoms with Crippen molar-refractivity contribution in [3.8, 4) is 22.8 Å². The number of thioether (sulfide) groups is 1. The number of nitrogens with one attached hydrogen (secondary N) is 1. The number of H-pyrrole nitrogens is 1. The van der Waals surface area contributed by atoms with Crippen LogP contribution >= 0.6 is 11.8 Å². The quantitative estimate of drug-likeness (QED) is 0.712. The van der Waals surface area contributed by atoms with Gasteiger partial charge in [0.25, 0.3) is 0 Å². The number of oxazole rings is 1. The third-order valence-corrected chi connectivity index (χ3v) is 3.55. The van der Waals surface area contributed by atoms with Crippen molar-refractivity contribution in [2.45, 2.75) is 17.3 Å². The lowest BCUT2D eigenvalue weighted by Crippen LogP contribution is -1.98. The fourth-order valence-electron chi connectivity index (χ4n) is 1.88. The Hall–Kier alpha value is -2.22. The average Bonchev–Trinajstić information content (AvgIpc) is 3.06. The highest BCUT2D eigenvalue weighted by Crippen LogP contribution is 2.37. The van der Waals surface area contributed by atoms with Gasteiger partial charge in [-0.1, -0.05) is 12.1 Å². The summed E-state index contributed by atoms with van der Waals surface area (Å²) in [5.41, 5.74) is -1.62. The second-order valence-corrected chi connectivity index (χ2v) is 5.68. The molecule has 1 N–H and O–H groups in total. The van der Waals surface area contributed by atoms with Crippen LogP contribution in [0.5, 0.6) is 0 Å². The number of rotatable bonds is 3. The highest BCUT2D eigenvalue weighted by atomic mass is 32.2. The molecule has 0 radical (unpaired) electrons. The van der Waals surface area contributed by atoms with E-state index in [0.29, 0.717) is 22.8 Å². The Morgan fingerprint density at radius 2 is 1.86 bits per heavy atom. The molecule has 0 unspecified atom stereocenters. The fraction of sp³-hybridized carbons (Fsp3) is 0.143. The van der Waals surface area contributed by atoms with E-state index in [-0.39, 0.29) is 16.7 Å². The molecular weight excluding hydrogens is 315 g/mol. The number of hydrogen-bond acceptors (Lipinski definition) is 4. The Labute approximate surface area is 127 Å². The van der Waals surface area contributed by atoms with Gasteiger partial charge in [0.1, 0.15) is 17.7 Å². The van der Waals surface area contributed by atoms with Crippen molar-refractivity contribution < 1.29 is 17.6 Å². The minimum Gasteiger partial charge on any atom is -0.443 e. The molecule has 114 valence electrons. The number of halogens is 3. The van der Waals surface area contributed by atoms with Crippen LogP contribution < -0.4 is 0 Å². The van der Waals surface area contributed by atoms with Crippen molar-refractivity contribution in [3.05, 3.63) is 42.3 Å². The highest BCUT2D eigenvalue weighted by Gasteiger charge is 2.29. The zero-order chi connectivity index (χ0) is 15.7. The van der Waals surface area contributed by atoms with Crippen LogP contribution in [0.3, 0.4) is 0 Å². The topological polar surface area (TPSA) is 54.7 Å². The summed E-state index contributed by atoms with van der Waals surface area (Å²) < 4.78 is 42.2. The highest BCUT2D eigenvalue weighted by molar-refractivity contribution is 8.00. The predicted molar refractivity (Wildman–Crippen MR) is 76.2 cm³/mol. The summed E-state index contributed by atoms with van der Waals surface area (Å²) in [6.45, 7) is 1.86. The lowest BCUT2D eigenvalue weighted by molar-refractivity contribution is -0.0328. The van der Waals surface area contributed by atoms with Gasteiger partial charge in [0.15, 0.2) is 0 Å². The zero-order valence-electron chi connectivity index (χ0n) is 11.3. The van der Waals surface area contributed by atoms with Crippen molar-refractivity contribution in [2.24, 2.45) is 0 Å². The second kappa shape index (κ2) is 5.53. The van der Waals surface area contributed by atoms with Crippen LogP contribution in [0.2, 0.25) is 0 Å². The molecule has 2 heterocycles. The van der Waals surface area contributed by atoms with Gasteiger partial charge >= 0.3 is 5.51 Å². The molecule has 0 saturated heterocycles. The number of nitrogens with zero attached hydrogens (tertiary/aromatic N) is 2. The van der Waals surface area contributed by atoms with Gasteiger partial charge in [0.2, 0.25) is 5.89 Å². The molecule has 0 fully saturated rings. The number of aromatic amines is 1. The van der Waals surface area contributed by atoms with Gasteiger partial charge < -0.3 is 4.42 Å². The number of benzene rings is 1. The first-order valence-electron chi connectivity index (χ1n) is 6.25. The third kappa shape index (κ3) is 3.33. The van der Waals surface area contributed by atoms with Crippen LogP contribution in [-0.4, -0.2) is 20.7 Å². The molecule has 0 aliphatic heterocycles. The van der Waals surface area contributed by atoms with Crippen molar-refractivity contribution >= 4 is 11.8 Å². The van der Waals surface area contributed by atoms with E-state index in [1.165, 1.54) is 18.4 Å². The minimum atomic E-state index is -4.29. The number of aromatic nitrogens is 3. The normalized spacial score (nSPS) is 11.8. The molecule has 0 spiro atoms. The van der Waals surface area contributed by atoms with E-state index in [1.807, 2.05) is 6.92 Å². The van der Waals surface area contributed by atoms with Gasteiger partial charge in [-0.15, -0.1) is 0 Å². The molecule has 4 nitrogen and oxygen atoms in total. The standard InChI is InChI=1S/C14H10F3N3OS/c1-8-6-11(20-19-8)13-18-12(7-21-13)9-2-4-10(5-3-9)22-14(15,16)17/h2-7H,1H3,(H,19,20).